The molecule has 0 aromatic rings. The molecule has 1 fully saturated rings. The van der Waals surface area contributed by atoms with E-state index in [2.05, 4.69) is 11.4 Å². The molecule has 4 amide bonds. The van der Waals surface area contributed by atoms with Crippen LogP contribution in [0.3, 0.4) is 0 Å². The molecule has 0 radical (unpaired) electrons. The van der Waals surface area contributed by atoms with Crippen molar-refractivity contribution in [3.63, 3.8) is 0 Å². The van der Waals surface area contributed by atoms with Crippen molar-refractivity contribution in [2.75, 3.05) is 26.2 Å². The Hall–Kier alpha value is -2.18. The molecule has 0 saturated carbocycles. The minimum absolute atomic E-state index is 0.0458. The quantitative estimate of drug-likeness (QED) is 0.314. The van der Waals surface area contributed by atoms with Gasteiger partial charge < -0.3 is 10.2 Å². The number of carbonyl (C=O) groups is 4. The summed E-state index contributed by atoms with van der Waals surface area (Å²) in [5, 5.41) is 2.92. The Morgan fingerprint density at radius 1 is 0.893 bits per heavy atom. The van der Waals surface area contributed by atoms with Crippen molar-refractivity contribution in [3.05, 3.63) is 12.2 Å². The molecule has 0 unspecified atom stereocenters. The maximum absolute atomic E-state index is 12.0. The highest BCUT2D eigenvalue weighted by Gasteiger charge is 2.27. The molecule has 1 N–H and O–H groups in total. The average Bonchev–Trinajstić information content (AvgIpc) is 3.02. The third-order valence-electron chi connectivity index (χ3n) is 5.24. The molecule has 0 aromatic heterocycles. The second kappa shape index (κ2) is 12.3. The van der Waals surface area contributed by atoms with Crippen molar-refractivity contribution >= 4 is 23.6 Å². The lowest BCUT2D eigenvalue weighted by atomic mass is 10.1. The second-order valence-corrected chi connectivity index (χ2v) is 7.51. The van der Waals surface area contributed by atoms with E-state index in [4.69, 9.17) is 0 Å². The fourth-order valence-corrected chi connectivity index (χ4v) is 3.52. The number of hydrogen-bond donors (Lipinski definition) is 1. The van der Waals surface area contributed by atoms with Crippen LogP contribution in [0, 0.1) is 0 Å². The summed E-state index contributed by atoms with van der Waals surface area (Å²) in [7, 11) is 0. The van der Waals surface area contributed by atoms with Crippen molar-refractivity contribution in [1.29, 1.82) is 0 Å². The maximum Gasteiger partial charge on any atom is 0.229 e. The monoisotopic (exact) mass is 391 g/mol. The summed E-state index contributed by atoms with van der Waals surface area (Å²) in [6.45, 7) is 2.69. The van der Waals surface area contributed by atoms with Crippen molar-refractivity contribution in [1.82, 2.24) is 15.1 Å². The fraction of sp³-hybridized carbons (Fsp3) is 0.714. The zero-order valence-electron chi connectivity index (χ0n) is 16.8. The van der Waals surface area contributed by atoms with Gasteiger partial charge in [-0.3, -0.25) is 24.1 Å². The summed E-state index contributed by atoms with van der Waals surface area (Å²) < 4.78 is 0. The normalized spacial score (nSPS) is 16.7. The Labute approximate surface area is 167 Å². The van der Waals surface area contributed by atoms with E-state index in [1.807, 2.05) is 11.0 Å². The molecule has 0 aromatic carbocycles. The minimum Gasteiger partial charge on any atom is -0.356 e. The molecule has 28 heavy (non-hydrogen) atoms. The van der Waals surface area contributed by atoms with E-state index in [1.165, 1.54) is 4.90 Å². The van der Waals surface area contributed by atoms with Gasteiger partial charge in [0.05, 0.1) is 0 Å². The predicted molar refractivity (Wildman–Crippen MR) is 106 cm³/mol. The van der Waals surface area contributed by atoms with Crippen LogP contribution in [0.25, 0.3) is 0 Å². The number of imide groups is 1. The lowest BCUT2D eigenvalue weighted by Crippen LogP contribution is -2.33. The molecule has 7 nitrogen and oxygen atoms in total. The minimum atomic E-state index is -0.0720. The van der Waals surface area contributed by atoms with Gasteiger partial charge in [0.15, 0.2) is 0 Å². The lowest BCUT2D eigenvalue weighted by Gasteiger charge is -2.23. The van der Waals surface area contributed by atoms with E-state index in [0.29, 0.717) is 38.8 Å². The first-order chi connectivity index (χ1) is 13.6. The second-order valence-electron chi connectivity index (χ2n) is 7.51. The van der Waals surface area contributed by atoms with Crippen LogP contribution in [0.1, 0.15) is 70.6 Å². The number of nitrogens with one attached hydrogen (secondary N) is 1. The van der Waals surface area contributed by atoms with Crippen LogP contribution in [-0.2, 0) is 19.2 Å². The van der Waals surface area contributed by atoms with Crippen molar-refractivity contribution in [2.24, 2.45) is 0 Å². The SMILES string of the molecule is O=C(CCCCCN1C(=O)CCC1=O)NCCCCCC(=O)N1CC=CCC1. The zero-order valence-corrected chi connectivity index (χ0v) is 16.8. The van der Waals surface area contributed by atoms with Gasteiger partial charge in [-0.2, -0.15) is 0 Å². The first kappa shape index (κ1) is 22.1. The first-order valence-corrected chi connectivity index (χ1v) is 10.6. The predicted octanol–water partition coefficient (Wildman–Crippen LogP) is 2.16. The van der Waals surface area contributed by atoms with Gasteiger partial charge in [-0.1, -0.05) is 25.0 Å². The van der Waals surface area contributed by atoms with Crippen molar-refractivity contribution < 1.29 is 19.2 Å². The molecule has 0 aliphatic carbocycles. The Morgan fingerprint density at radius 2 is 1.61 bits per heavy atom. The molecule has 7 heteroatoms. The Kier molecular flexibility index (Phi) is 9.72. The first-order valence-electron chi connectivity index (χ1n) is 10.6. The van der Waals surface area contributed by atoms with Gasteiger partial charge in [0, 0.05) is 51.9 Å². The van der Waals surface area contributed by atoms with Crippen LogP contribution in [0.2, 0.25) is 0 Å². The molecule has 2 rings (SSSR count). The number of nitrogens with zero attached hydrogens (tertiary/aromatic N) is 2. The molecule has 2 aliphatic rings. The van der Waals surface area contributed by atoms with E-state index in [0.717, 1.165) is 58.0 Å². The number of rotatable bonds is 12. The molecule has 0 atom stereocenters. The van der Waals surface area contributed by atoms with Gasteiger partial charge in [0.1, 0.15) is 0 Å². The molecule has 1 saturated heterocycles. The van der Waals surface area contributed by atoms with Gasteiger partial charge in [0.25, 0.3) is 0 Å². The summed E-state index contributed by atoms with van der Waals surface area (Å²) in [4.78, 5) is 50.0. The van der Waals surface area contributed by atoms with Crippen LogP contribution < -0.4 is 5.32 Å². The largest absolute Gasteiger partial charge is 0.356 e. The number of likely N-dealkylation sites (tertiary alicyclic amines) is 1. The fourth-order valence-electron chi connectivity index (χ4n) is 3.52. The number of amides is 4. The van der Waals surface area contributed by atoms with E-state index < -0.39 is 0 Å². The summed E-state index contributed by atoms with van der Waals surface area (Å²) >= 11 is 0. The Balaban J connectivity index is 1.39. The van der Waals surface area contributed by atoms with Crippen molar-refractivity contribution in [2.45, 2.75) is 70.6 Å². The highest BCUT2D eigenvalue weighted by molar-refractivity contribution is 6.01. The standard InChI is InChI=1S/C21H33N3O4/c25-18(10-4-2-9-17-24-20(27)12-13-21(24)28)22-14-6-1-5-11-19(26)23-15-7-3-8-16-23/h3,7H,1-2,4-6,8-17H2,(H,22,25). The van der Waals surface area contributed by atoms with Crippen LogP contribution in [-0.4, -0.2) is 59.6 Å². The molecule has 2 heterocycles. The summed E-state index contributed by atoms with van der Waals surface area (Å²) in [5.74, 6) is 0.129. The van der Waals surface area contributed by atoms with E-state index >= 15 is 0 Å². The maximum atomic E-state index is 12.0. The highest BCUT2D eigenvalue weighted by atomic mass is 16.2. The molecule has 0 bridgehead atoms. The van der Waals surface area contributed by atoms with Crippen LogP contribution >= 0.6 is 0 Å². The average molecular weight is 392 g/mol. The lowest BCUT2D eigenvalue weighted by molar-refractivity contribution is -0.138. The topological polar surface area (TPSA) is 86.8 Å². The molecular formula is C21H33N3O4. The molecular weight excluding hydrogens is 358 g/mol. The van der Waals surface area contributed by atoms with E-state index in [1.54, 1.807) is 0 Å². The van der Waals surface area contributed by atoms with Crippen molar-refractivity contribution in [3.8, 4) is 0 Å². The van der Waals surface area contributed by atoms with Gasteiger partial charge in [-0.15, -0.1) is 0 Å². The number of carbonyl (C=O) groups excluding carboxylic acids is 4. The summed E-state index contributed by atoms with van der Waals surface area (Å²) in [6, 6.07) is 0. The third-order valence-corrected chi connectivity index (χ3v) is 5.24. The Morgan fingerprint density at radius 3 is 2.32 bits per heavy atom. The van der Waals surface area contributed by atoms with Crippen LogP contribution in [0.4, 0.5) is 0 Å². The van der Waals surface area contributed by atoms with Gasteiger partial charge in [-0.05, 0) is 32.1 Å². The van der Waals surface area contributed by atoms with E-state index in [-0.39, 0.29) is 23.6 Å². The van der Waals surface area contributed by atoms with Gasteiger partial charge >= 0.3 is 0 Å². The summed E-state index contributed by atoms with van der Waals surface area (Å²) in [6.07, 6.45) is 11.9. The van der Waals surface area contributed by atoms with Gasteiger partial charge in [0.2, 0.25) is 23.6 Å². The number of unbranched alkanes of at least 4 members (excludes halogenated alkanes) is 4. The molecule has 2 aliphatic heterocycles. The third kappa shape index (κ3) is 7.82. The summed E-state index contributed by atoms with van der Waals surface area (Å²) in [5.41, 5.74) is 0. The molecule has 156 valence electrons. The Bertz CT molecular complexity index is 572. The highest BCUT2D eigenvalue weighted by Crippen LogP contribution is 2.13. The van der Waals surface area contributed by atoms with E-state index in [9.17, 15) is 19.2 Å². The van der Waals surface area contributed by atoms with Crippen LogP contribution in [0.15, 0.2) is 12.2 Å². The van der Waals surface area contributed by atoms with Crippen LogP contribution in [0.5, 0.6) is 0 Å². The molecule has 0 spiro atoms. The number of hydrogen-bond acceptors (Lipinski definition) is 4. The smallest absolute Gasteiger partial charge is 0.229 e. The zero-order chi connectivity index (χ0) is 20.2. The van der Waals surface area contributed by atoms with Gasteiger partial charge in [-0.25, -0.2) is 0 Å².